The lowest BCUT2D eigenvalue weighted by atomic mass is 9.91. The van der Waals surface area contributed by atoms with Gasteiger partial charge >= 0.3 is 0 Å². The van der Waals surface area contributed by atoms with E-state index in [1.54, 1.807) is 18.3 Å². The zero-order valence-corrected chi connectivity index (χ0v) is 19.2. The highest BCUT2D eigenvalue weighted by Gasteiger charge is 2.45. The van der Waals surface area contributed by atoms with Gasteiger partial charge in [-0.1, -0.05) is 30.3 Å². The lowest BCUT2D eigenvalue weighted by molar-refractivity contribution is 0.0606. The first kappa shape index (κ1) is 21.2. The molecule has 1 aromatic carbocycles. The summed E-state index contributed by atoms with van der Waals surface area (Å²) < 4.78 is 1.90. The summed E-state index contributed by atoms with van der Waals surface area (Å²) in [4.78, 5) is 34.6. The average Bonchev–Trinajstić information content (AvgIpc) is 3.11. The number of nitrogens with one attached hydrogen (secondary N) is 1. The van der Waals surface area contributed by atoms with Crippen LogP contribution in [0.15, 0.2) is 48.7 Å². The first-order valence-corrected chi connectivity index (χ1v) is 11.3. The third kappa shape index (κ3) is 3.55. The second kappa shape index (κ2) is 8.03. The van der Waals surface area contributed by atoms with Gasteiger partial charge < -0.3 is 15.1 Å². The predicted molar refractivity (Wildman–Crippen MR) is 125 cm³/mol. The van der Waals surface area contributed by atoms with Crippen molar-refractivity contribution in [1.29, 1.82) is 0 Å². The van der Waals surface area contributed by atoms with Crippen LogP contribution in [0.2, 0.25) is 0 Å². The number of hydrogen-bond donors (Lipinski definition) is 1. The number of nitrogens with zero attached hydrogens (tertiary/aromatic N) is 5. The van der Waals surface area contributed by atoms with Crippen LogP contribution in [0.25, 0.3) is 0 Å². The van der Waals surface area contributed by atoms with Crippen molar-refractivity contribution >= 4 is 17.6 Å². The summed E-state index contributed by atoms with van der Waals surface area (Å²) in [5.74, 6) is 0.585. The summed E-state index contributed by atoms with van der Waals surface area (Å²) in [5, 5.41) is 7.83. The van der Waals surface area contributed by atoms with Crippen LogP contribution in [0.1, 0.15) is 50.5 Å². The van der Waals surface area contributed by atoms with Crippen molar-refractivity contribution in [2.24, 2.45) is 0 Å². The topological polar surface area (TPSA) is 83.4 Å². The van der Waals surface area contributed by atoms with Crippen LogP contribution >= 0.6 is 0 Å². The van der Waals surface area contributed by atoms with Gasteiger partial charge in [-0.05, 0) is 31.5 Å². The third-order valence-electron chi connectivity index (χ3n) is 6.99. The Morgan fingerprint density at radius 2 is 1.82 bits per heavy atom. The first-order valence-electron chi connectivity index (χ1n) is 11.3. The minimum Gasteiger partial charge on any atom is -0.338 e. The molecule has 1 N–H and O–H groups in total. The van der Waals surface area contributed by atoms with Crippen LogP contribution in [0.3, 0.4) is 0 Å². The molecule has 2 amide bonds. The maximum absolute atomic E-state index is 13.5. The first-order chi connectivity index (χ1) is 15.9. The van der Waals surface area contributed by atoms with Crippen LogP contribution in [0.4, 0.5) is 5.82 Å². The van der Waals surface area contributed by atoms with Gasteiger partial charge in [-0.25, -0.2) is 4.98 Å². The van der Waals surface area contributed by atoms with E-state index in [1.165, 1.54) is 0 Å². The summed E-state index contributed by atoms with van der Waals surface area (Å²) in [6.07, 6.45) is 2.97. The number of aromatic nitrogens is 3. The second-order valence-corrected chi connectivity index (χ2v) is 8.90. The van der Waals surface area contributed by atoms with Gasteiger partial charge in [-0.2, -0.15) is 5.10 Å². The molecule has 1 fully saturated rings. The molecule has 170 valence electrons. The minimum atomic E-state index is -0.531. The fourth-order valence-corrected chi connectivity index (χ4v) is 5.02. The molecule has 33 heavy (non-hydrogen) atoms. The molecule has 5 rings (SSSR count). The summed E-state index contributed by atoms with van der Waals surface area (Å²) in [6, 6.07) is 13.7. The number of benzene rings is 1. The molecule has 2 aliphatic rings. The van der Waals surface area contributed by atoms with Gasteiger partial charge in [0.05, 0.1) is 23.4 Å². The zero-order chi connectivity index (χ0) is 23.2. The highest BCUT2D eigenvalue weighted by Crippen LogP contribution is 2.35. The van der Waals surface area contributed by atoms with Crippen molar-refractivity contribution in [2.75, 3.05) is 25.0 Å². The monoisotopic (exact) mass is 444 g/mol. The fraction of sp³-hybridized carbons (Fsp3) is 0.360. The molecule has 0 unspecified atom stereocenters. The molecule has 2 aromatic heterocycles. The highest BCUT2D eigenvalue weighted by molar-refractivity contribution is 6.01. The van der Waals surface area contributed by atoms with Gasteiger partial charge in [0.1, 0.15) is 11.5 Å². The Balaban J connectivity index is 1.33. The largest absolute Gasteiger partial charge is 0.338 e. The van der Waals surface area contributed by atoms with Crippen LogP contribution < -0.4 is 10.2 Å². The van der Waals surface area contributed by atoms with Gasteiger partial charge in [0.15, 0.2) is 0 Å². The molecule has 1 saturated heterocycles. The van der Waals surface area contributed by atoms with E-state index in [1.807, 2.05) is 48.7 Å². The van der Waals surface area contributed by atoms with Crippen molar-refractivity contribution < 1.29 is 9.59 Å². The number of likely N-dealkylation sites (tertiary alicyclic amines) is 1. The minimum absolute atomic E-state index is 0.00229. The summed E-state index contributed by atoms with van der Waals surface area (Å²) in [6.45, 7) is 5.58. The van der Waals surface area contributed by atoms with E-state index >= 15 is 0 Å². The van der Waals surface area contributed by atoms with E-state index in [9.17, 15) is 9.59 Å². The predicted octanol–water partition coefficient (Wildman–Crippen LogP) is 2.76. The Morgan fingerprint density at radius 3 is 2.55 bits per heavy atom. The van der Waals surface area contributed by atoms with Crippen molar-refractivity contribution in [3.05, 3.63) is 76.7 Å². The van der Waals surface area contributed by atoms with E-state index in [2.05, 4.69) is 32.4 Å². The average molecular weight is 445 g/mol. The molecule has 0 aliphatic carbocycles. The number of carbonyl (C=O) groups is 2. The van der Waals surface area contributed by atoms with Gasteiger partial charge in [0.25, 0.3) is 11.8 Å². The van der Waals surface area contributed by atoms with Gasteiger partial charge in [0, 0.05) is 44.9 Å². The second-order valence-electron chi connectivity index (χ2n) is 8.90. The molecule has 3 aromatic rings. The maximum Gasteiger partial charge on any atom is 0.257 e. The Bertz CT molecular complexity index is 1210. The van der Waals surface area contributed by atoms with Crippen LogP contribution in [0, 0.1) is 13.8 Å². The number of amides is 2. The molecule has 8 heteroatoms. The van der Waals surface area contributed by atoms with Crippen LogP contribution in [-0.4, -0.2) is 57.3 Å². The zero-order valence-electron chi connectivity index (χ0n) is 19.2. The van der Waals surface area contributed by atoms with E-state index in [4.69, 9.17) is 0 Å². The standard InChI is InChI=1S/C25H28N6O2/c1-17-21(18(2)31(28-17)16-19-8-5-4-6-9-19)24(33)30-14-11-25(12-15-30)27-23(32)20-10-7-13-26-22(20)29(25)3/h4-10,13H,11-12,14-16H2,1-3H3,(H,27,32). The summed E-state index contributed by atoms with van der Waals surface area (Å²) in [5.41, 5.74) is 3.50. The SMILES string of the molecule is Cc1nn(Cc2ccccc2)c(C)c1C(=O)N1CCC2(CC1)NC(=O)c1cccnc1N2C. The highest BCUT2D eigenvalue weighted by atomic mass is 16.2. The van der Waals surface area contributed by atoms with Crippen LogP contribution in [0.5, 0.6) is 0 Å². The molecular formula is C25H28N6O2. The number of hydrogen-bond acceptors (Lipinski definition) is 5. The molecule has 0 saturated carbocycles. The number of fused-ring (bicyclic) bond motifs is 1. The van der Waals surface area contributed by atoms with Crippen molar-refractivity contribution in [3.8, 4) is 0 Å². The lowest BCUT2D eigenvalue weighted by Gasteiger charge is -2.50. The number of anilines is 1. The Labute approximate surface area is 193 Å². The van der Waals surface area contributed by atoms with E-state index < -0.39 is 5.66 Å². The number of aryl methyl sites for hydroxylation is 1. The van der Waals surface area contributed by atoms with Gasteiger partial charge in [-0.3, -0.25) is 14.3 Å². The Kier molecular flexibility index (Phi) is 5.15. The molecule has 2 aliphatic heterocycles. The fourth-order valence-electron chi connectivity index (χ4n) is 5.02. The smallest absolute Gasteiger partial charge is 0.257 e. The van der Waals surface area contributed by atoms with Crippen molar-refractivity contribution in [1.82, 2.24) is 25.0 Å². The van der Waals surface area contributed by atoms with E-state index in [0.29, 0.717) is 49.4 Å². The van der Waals surface area contributed by atoms with E-state index in [0.717, 1.165) is 17.0 Å². The molecule has 0 radical (unpaired) electrons. The third-order valence-corrected chi connectivity index (χ3v) is 6.99. The molecular weight excluding hydrogens is 416 g/mol. The number of pyridine rings is 1. The van der Waals surface area contributed by atoms with Gasteiger partial charge in [0.2, 0.25) is 0 Å². The maximum atomic E-state index is 13.5. The quantitative estimate of drug-likeness (QED) is 0.672. The summed E-state index contributed by atoms with van der Waals surface area (Å²) in [7, 11) is 1.96. The lowest BCUT2D eigenvalue weighted by Crippen LogP contribution is -2.67. The molecule has 8 nitrogen and oxygen atoms in total. The van der Waals surface area contributed by atoms with Crippen molar-refractivity contribution in [3.63, 3.8) is 0 Å². The Hall–Kier alpha value is -3.68. The Morgan fingerprint density at radius 1 is 1.09 bits per heavy atom. The molecule has 4 heterocycles. The summed E-state index contributed by atoms with van der Waals surface area (Å²) >= 11 is 0. The number of piperidine rings is 1. The molecule has 1 spiro atoms. The number of carbonyl (C=O) groups excluding carboxylic acids is 2. The normalized spacial score (nSPS) is 17.1. The molecule has 0 atom stereocenters. The molecule has 0 bridgehead atoms. The van der Waals surface area contributed by atoms with Gasteiger partial charge in [-0.15, -0.1) is 0 Å². The van der Waals surface area contributed by atoms with E-state index in [-0.39, 0.29) is 11.8 Å². The number of rotatable bonds is 3. The van der Waals surface area contributed by atoms with Crippen LogP contribution in [-0.2, 0) is 6.54 Å². The van der Waals surface area contributed by atoms with Crippen molar-refractivity contribution in [2.45, 2.75) is 38.9 Å².